The zero-order valence-corrected chi connectivity index (χ0v) is 17.4. The van der Waals surface area contributed by atoms with Gasteiger partial charge in [0.15, 0.2) is 5.75 Å². The van der Waals surface area contributed by atoms with Crippen molar-refractivity contribution in [1.82, 2.24) is 0 Å². The van der Waals surface area contributed by atoms with E-state index in [4.69, 9.17) is 9.47 Å². The molecule has 32 heavy (non-hydrogen) atoms. The van der Waals surface area contributed by atoms with Crippen LogP contribution in [0, 0.1) is 17.0 Å². The number of rotatable bonds is 9. The van der Waals surface area contributed by atoms with Gasteiger partial charge in [-0.05, 0) is 36.2 Å². The number of nitro groups is 1. The number of nitrogens with one attached hydrogen (secondary N) is 1. The summed E-state index contributed by atoms with van der Waals surface area (Å²) < 4.78 is 11.1. The van der Waals surface area contributed by atoms with Crippen LogP contribution >= 0.6 is 0 Å². The maximum Gasteiger partial charge on any atom is 0.337 e. The second kappa shape index (κ2) is 10.1. The van der Waals surface area contributed by atoms with Crippen LogP contribution in [0.15, 0.2) is 65.8 Å². The number of aromatic carboxylic acids is 1. The summed E-state index contributed by atoms with van der Waals surface area (Å²) in [5, 5.41) is 24.9. The highest BCUT2D eigenvalue weighted by atomic mass is 16.6. The van der Waals surface area contributed by atoms with Crippen molar-refractivity contribution in [2.75, 3.05) is 12.5 Å². The average Bonchev–Trinajstić information content (AvgIpc) is 2.78. The molecular weight excluding hydrogens is 414 g/mol. The highest BCUT2D eigenvalue weighted by Crippen LogP contribution is 2.38. The lowest BCUT2D eigenvalue weighted by atomic mass is 10.1. The molecule has 164 valence electrons. The molecule has 0 radical (unpaired) electrons. The molecule has 0 aliphatic rings. The third kappa shape index (κ3) is 5.20. The summed E-state index contributed by atoms with van der Waals surface area (Å²) >= 11 is 0. The average molecular weight is 435 g/mol. The molecule has 0 unspecified atom stereocenters. The number of hydrazone groups is 1. The Morgan fingerprint density at radius 1 is 1.19 bits per heavy atom. The second-order valence-corrected chi connectivity index (χ2v) is 6.76. The fourth-order valence-electron chi connectivity index (χ4n) is 2.98. The molecule has 0 bridgehead atoms. The molecule has 0 aliphatic heterocycles. The van der Waals surface area contributed by atoms with Crippen LogP contribution in [-0.2, 0) is 6.61 Å². The van der Waals surface area contributed by atoms with Crippen LogP contribution in [0.3, 0.4) is 0 Å². The molecule has 0 fully saturated rings. The maximum absolute atomic E-state index is 11.7. The van der Waals surface area contributed by atoms with Crippen molar-refractivity contribution in [2.45, 2.75) is 13.5 Å². The fourth-order valence-corrected chi connectivity index (χ4v) is 2.98. The number of para-hydroxylation sites is 1. The van der Waals surface area contributed by atoms with Crippen LogP contribution < -0.4 is 14.9 Å². The molecule has 2 N–H and O–H groups in total. The van der Waals surface area contributed by atoms with E-state index in [9.17, 15) is 20.0 Å². The van der Waals surface area contributed by atoms with Gasteiger partial charge in [-0.25, -0.2) is 4.79 Å². The number of hydrogen-bond donors (Lipinski definition) is 2. The number of carboxylic acid groups (broad SMARTS) is 1. The van der Waals surface area contributed by atoms with Crippen molar-refractivity contribution < 1.29 is 24.3 Å². The van der Waals surface area contributed by atoms with Crippen LogP contribution in [0.2, 0.25) is 0 Å². The largest absolute Gasteiger partial charge is 0.493 e. The van der Waals surface area contributed by atoms with Crippen molar-refractivity contribution in [1.29, 1.82) is 0 Å². The fraction of sp³-hybridized carbons (Fsp3) is 0.130. The molecule has 3 rings (SSSR count). The van der Waals surface area contributed by atoms with Gasteiger partial charge in [-0.1, -0.05) is 36.4 Å². The molecule has 0 atom stereocenters. The number of nitro benzene ring substituents is 1. The molecule has 3 aromatic rings. The van der Waals surface area contributed by atoms with Crippen molar-refractivity contribution in [2.24, 2.45) is 5.10 Å². The summed E-state index contributed by atoms with van der Waals surface area (Å²) in [5.74, 6) is -0.905. The Morgan fingerprint density at radius 2 is 1.91 bits per heavy atom. The summed E-state index contributed by atoms with van der Waals surface area (Å²) in [5.41, 5.74) is 4.98. The first-order chi connectivity index (χ1) is 15.4. The summed E-state index contributed by atoms with van der Waals surface area (Å²) in [4.78, 5) is 22.4. The first kappa shape index (κ1) is 22.3. The molecule has 9 nitrogen and oxygen atoms in total. The molecule has 0 saturated carbocycles. The molecule has 9 heteroatoms. The number of ether oxygens (including phenoxy) is 2. The van der Waals surface area contributed by atoms with Gasteiger partial charge < -0.3 is 14.6 Å². The van der Waals surface area contributed by atoms with Crippen molar-refractivity contribution in [3.05, 3.63) is 93.0 Å². The van der Waals surface area contributed by atoms with E-state index in [2.05, 4.69) is 10.5 Å². The molecule has 0 aromatic heterocycles. The van der Waals surface area contributed by atoms with E-state index in [-0.39, 0.29) is 35.0 Å². The van der Waals surface area contributed by atoms with E-state index in [1.54, 1.807) is 24.3 Å². The SMILES string of the molecule is COc1cc(C=NNc2ccccc2C(=O)O)cc([N+](=O)[O-])c1OCc1ccccc1C. The third-order valence-electron chi connectivity index (χ3n) is 4.66. The van der Waals surface area contributed by atoms with Gasteiger partial charge in [-0.3, -0.25) is 15.5 Å². The lowest BCUT2D eigenvalue weighted by molar-refractivity contribution is -0.386. The predicted molar refractivity (Wildman–Crippen MR) is 120 cm³/mol. The van der Waals surface area contributed by atoms with Gasteiger partial charge in [-0.2, -0.15) is 5.10 Å². The van der Waals surface area contributed by atoms with Crippen LogP contribution in [0.4, 0.5) is 11.4 Å². The Bertz CT molecular complexity index is 1180. The zero-order chi connectivity index (χ0) is 23.1. The minimum atomic E-state index is -1.10. The monoisotopic (exact) mass is 435 g/mol. The van der Waals surface area contributed by atoms with E-state index < -0.39 is 10.9 Å². The van der Waals surface area contributed by atoms with Gasteiger partial charge in [-0.15, -0.1) is 0 Å². The van der Waals surface area contributed by atoms with Crippen LogP contribution in [0.5, 0.6) is 11.5 Å². The first-order valence-corrected chi connectivity index (χ1v) is 9.56. The number of nitrogens with zero attached hydrogens (tertiary/aromatic N) is 2. The number of carbonyl (C=O) groups is 1. The highest BCUT2D eigenvalue weighted by molar-refractivity contribution is 5.94. The van der Waals surface area contributed by atoms with E-state index in [1.807, 2.05) is 31.2 Å². The normalized spacial score (nSPS) is 10.7. The van der Waals surface area contributed by atoms with Crippen LogP contribution in [0.1, 0.15) is 27.0 Å². The maximum atomic E-state index is 11.7. The van der Waals surface area contributed by atoms with Gasteiger partial charge in [0, 0.05) is 11.6 Å². The van der Waals surface area contributed by atoms with Gasteiger partial charge >= 0.3 is 11.7 Å². The van der Waals surface area contributed by atoms with Crippen molar-refractivity contribution in [3.8, 4) is 11.5 Å². The Hall–Kier alpha value is -4.40. The van der Waals surface area contributed by atoms with Gasteiger partial charge in [0.25, 0.3) is 0 Å². The number of carboxylic acids is 1. The van der Waals surface area contributed by atoms with E-state index in [1.165, 1.54) is 25.5 Å². The highest BCUT2D eigenvalue weighted by Gasteiger charge is 2.22. The van der Waals surface area contributed by atoms with Gasteiger partial charge in [0.1, 0.15) is 6.61 Å². The third-order valence-corrected chi connectivity index (χ3v) is 4.66. The van der Waals surface area contributed by atoms with Crippen molar-refractivity contribution >= 4 is 23.6 Å². The predicted octanol–water partition coefficient (Wildman–Crippen LogP) is 4.64. The Labute approximate surface area is 184 Å². The summed E-state index contributed by atoms with van der Waals surface area (Å²) in [6, 6.07) is 16.7. The molecule has 0 amide bonds. The quantitative estimate of drug-likeness (QED) is 0.285. The number of anilines is 1. The van der Waals surface area contributed by atoms with E-state index >= 15 is 0 Å². The lowest BCUT2D eigenvalue weighted by Crippen LogP contribution is -2.04. The molecular formula is C23H21N3O6. The van der Waals surface area contributed by atoms with Gasteiger partial charge in [0.05, 0.1) is 29.5 Å². The van der Waals surface area contributed by atoms with E-state index in [0.717, 1.165) is 11.1 Å². The number of methoxy groups -OCH3 is 1. The Balaban J connectivity index is 1.86. The minimum Gasteiger partial charge on any atom is -0.493 e. The Morgan fingerprint density at radius 3 is 2.59 bits per heavy atom. The molecule has 0 heterocycles. The topological polar surface area (TPSA) is 123 Å². The van der Waals surface area contributed by atoms with Crippen LogP contribution in [0.25, 0.3) is 0 Å². The lowest BCUT2D eigenvalue weighted by Gasteiger charge is -2.13. The number of hydrogen-bond acceptors (Lipinski definition) is 7. The zero-order valence-electron chi connectivity index (χ0n) is 17.4. The summed E-state index contributed by atoms with van der Waals surface area (Å²) in [6.07, 6.45) is 1.33. The van der Waals surface area contributed by atoms with Crippen molar-refractivity contribution in [3.63, 3.8) is 0 Å². The number of aryl methyl sites for hydroxylation is 1. The number of benzene rings is 3. The Kier molecular flexibility index (Phi) is 7.02. The minimum absolute atomic E-state index is 0.0158. The molecule has 0 aliphatic carbocycles. The first-order valence-electron chi connectivity index (χ1n) is 9.56. The second-order valence-electron chi connectivity index (χ2n) is 6.76. The van der Waals surface area contributed by atoms with Crippen LogP contribution in [-0.4, -0.2) is 29.3 Å². The molecule has 3 aromatic carbocycles. The standard InChI is InChI=1S/C23H21N3O6/c1-15-7-3-4-8-17(15)14-32-22-20(26(29)30)11-16(12-21(22)31-2)13-24-25-19-10-6-5-9-18(19)23(27)28/h3-13,25H,14H2,1-2H3,(H,27,28). The smallest absolute Gasteiger partial charge is 0.337 e. The summed E-state index contributed by atoms with van der Waals surface area (Å²) in [7, 11) is 1.39. The van der Waals surface area contributed by atoms with Gasteiger partial charge in [0.2, 0.25) is 5.75 Å². The molecule has 0 saturated heterocycles. The molecule has 0 spiro atoms. The summed E-state index contributed by atoms with van der Waals surface area (Å²) in [6.45, 7) is 2.07. The van der Waals surface area contributed by atoms with E-state index in [0.29, 0.717) is 5.56 Å².